The number of hydrogen-bond acceptors (Lipinski definition) is 3. The van der Waals surface area contributed by atoms with Gasteiger partial charge in [0, 0.05) is 23.4 Å². The van der Waals surface area contributed by atoms with Crippen LogP contribution in [0.4, 0.5) is 0 Å². The Labute approximate surface area is 103 Å². The highest BCUT2D eigenvalue weighted by atomic mass is 79.9. The highest BCUT2D eigenvalue weighted by molar-refractivity contribution is 9.10. The Hall–Kier alpha value is -1.26. The van der Waals surface area contributed by atoms with E-state index in [1.165, 1.54) is 5.56 Å². The van der Waals surface area contributed by atoms with Crippen LogP contribution in [0.5, 0.6) is 0 Å². The highest BCUT2D eigenvalue weighted by Crippen LogP contribution is 2.15. The van der Waals surface area contributed by atoms with Crippen molar-refractivity contribution in [1.29, 1.82) is 0 Å². The molecule has 0 unspecified atom stereocenters. The lowest BCUT2D eigenvalue weighted by Crippen LogP contribution is -2.14. The molecule has 1 aromatic heterocycles. The van der Waals surface area contributed by atoms with Crippen LogP contribution in [0.25, 0.3) is 0 Å². The van der Waals surface area contributed by atoms with E-state index in [1.54, 1.807) is 12.4 Å². The molecule has 1 N–H and O–H groups in total. The Morgan fingerprint density at radius 3 is 2.50 bits per heavy atom. The molecule has 0 radical (unpaired) electrons. The second kappa shape index (κ2) is 5.72. The molecular formula is C12H12BrN3. The largest absolute Gasteiger partial charge is 0.306 e. The van der Waals surface area contributed by atoms with Crippen LogP contribution in [0, 0.1) is 0 Å². The molecule has 0 atom stereocenters. The zero-order valence-electron chi connectivity index (χ0n) is 8.73. The first-order valence-corrected chi connectivity index (χ1v) is 5.85. The first-order valence-electron chi connectivity index (χ1n) is 5.06. The van der Waals surface area contributed by atoms with E-state index in [1.807, 2.05) is 24.3 Å². The van der Waals surface area contributed by atoms with Crippen molar-refractivity contribution in [1.82, 2.24) is 15.3 Å². The number of rotatable bonds is 4. The molecule has 1 heterocycles. The molecule has 0 aliphatic rings. The maximum atomic E-state index is 4.15. The maximum absolute atomic E-state index is 4.15. The number of hydrogen-bond donors (Lipinski definition) is 1. The molecule has 16 heavy (non-hydrogen) atoms. The van der Waals surface area contributed by atoms with Crippen LogP contribution in [0.1, 0.15) is 11.4 Å². The van der Waals surface area contributed by atoms with Crippen molar-refractivity contribution in [3.8, 4) is 0 Å². The summed E-state index contributed by atoms with van der Waals surface area (Å²) < 4.78 is 1.12. The van der Waals surface area contributed by atoms with E-state index >= 15 is 0 Å². The van der Waals surface area contributed by atoms with Gasteiger partial charge in [-0.2, -0.15) is 0 Å². The second-order valence-electron chi connectivity index (χ2n) is 3.36. The Morgan fingerprint density at radius 2 is 1.75 bits per heavy atom. The van der Waals surface area contributed by atoms with Crippen molar-refractivity contribution in [2.75, 3.05) is 0 Å². The van der Waals surface area contributed by atoms with Crippen LogP contribution in [0.15, 0.2) is 47.2 Å². The molecular weight excluding hydrogens is 266 g/mol. The van der Waals surface area contributed by atoms with Crippen LogP contribution < -0.4 is 5.32 Å². The van der Waals surface area contributed by atoms with Crippen LogP contribution in [-0.2, 0) is 13.1 Å². The second-order valence-corrected chi connectivity index (χ2v) is 4.21. The normalized spacial score (nSPS) is 10.3. The molecule has 0 bridgehead atoms. The summed E-state index contributed by atoms with van der Waals surface area (Å²) in [7, 11) is 0. The highest BCUT2D eigenvalue weighted by Gasteiger charge is 1.98. The van der Waals surface area contributed by atoms with Gasteiger partial charge in [0.1, 0.15) is 5.82 Å². The minimum Gasteiger partial charge on any atom is -0.306 e. The van der Waals surface area contributed by atoms with Crippen LogP contribution in [0.3, 0.4) is 0 Å². The molecule has 1 aromatic carbocycles. The van der Waals surface area contributed by atoms with Crippen molar-refractivity contribution in [3.05, 3.63) is 58.6 Å². The Morgan fingerprint density at radius 1 is 1.00 bits per heavy atom. The lowest BCUT2D eigenvalue weighted by atomic mass is 10.2. The van der Waals surface area contributed by atoms with Gasteiger partial charge >= 0.3 is 0 Å². The number of benzene rings is 1. The molecule has 0 saturated carbocycles. The van der Waals surface area contributed by atoms with Crippen molar-refractivity contribution < 1.29 is 0 Å². The molecule has 0 amide bonds. The Bertz CT molecular complexity index is 445. The van der Waals surface area contributed by atoms with E-state index in [9.17, 15) is 0 Å². The molecule has 0 saturated heterocycles. The van der Waals surface area contributed by atoms with Gasteiger partial charge in [-0.25, -0.2) is 9.97 Å². The predicted molar refractivity (Wildman–Crippen MR) is 66.7 cm³/mol. The minimum atomic E-state index is 0.683. The number of nitrogens with one attached hydrogen (secondary N) is 1. The Balaban J connectivity index is 1.87. The van der Waals surface area contributed by atoms with Crippen molar-refractivity contribution in [2.45, 2.75) is 13.1 Å². The Kier molecular flexibility index (Phi) is 4.02. The van der Waals surface area contributed by atoms with Crippen molar-refractivity contribution in [2.24, 2.45) is 0 Å². The average molecular weight is 278 g/mol. The lowest BCUT2D eigenvalue weighted by molar-refractivity contribution is 0.661. The van der Waals surface area contributed by atoms with E-state index in [0.29, 0.717) is 6.54 Å². The van der Waals surface area contributed by atoms with Crippen molar-refractivity contribution >= 4 is 15.9 Å². The summed E-state index contributed by atoms with van der Waals surface area (Å²) in [6.45, 7) is 1.49. The third-order valence-corrected chi connectivity index (χ3v) is 2.95. The fraction of sp³-hybridized carbons (Fsp3) is 0.167. The molecule has 2 rings (SSSR count). The fourth-order valence-corrected chi connectivity index (χ4v) is 1.80. The van der Waals surface area contributed by atoms with E-state index in [2.05, 4.69) is 37.3 Å². The molecule has 0 spiro atoms. The van der Waals surface area contributed by atoms with Gasteiger partial charge in [-0.15, -0.1) is 0 Å². The van der Waals surface area contributed by atoms with Crippen LogP contribution >= 0.6 is 15.9 Å². The maximum Gasteiger partial charge on any atom is 0.141 e. The summed E-state index contributed by atoms with van der Waals surface area (Å²) in [5.74, 6) is 0.814. The molecule has 0 aliphatic carbocycles. The predicted octanol–water partition coefficient (Wildman–Crippen LogP) is 2.53. The third-order valence-electron chi connectivity index (χ3n) is 2.18. The van der Waals surface area contributed by atoms with Gasteiger partial charge in [0.25, 0.3) is 0 Å². The molecule has 3 nitrogen and oxygen atoms in total. The van der Waals surface area contributed by atoms with Gasteiger partial charge in [-0.1, -0.05) is 34.1 Å². The zero-order valence-corrected chi connectivity index (χ0v) is 10.3. The summed E-state index contributed by atoms with van der Waals surface area (Å²) in [6.07, 6.45) is 3.50. The van der Waals surface area contributed by atoms with Gasteiger partial charge in [0.05, 0.1) is 6.54 Å². The third kappa shape index (κ3) is 3.12. The first kappa shape index (κ1) is 11.2. The summed E-state index contributed by atoms with van der Waals surface area (Å²) in [6, 6.07) is 9.98. The molecule has 82 valence electrons. The number of nitrogens with zero attached hydrogens (tertiary/aromatic N) is 2. The monoisotopic (exact) mass is 277 g/mol. The smallest absolute Gasteiger partial charge is 0.141 e. The van der Waals surface area contributed by atoms with Gasteiger partial charge in [0.15, 0.2) is 0 Å². The molecule has 4 heteroatoms. The van der Waals surface area contributed by atoms with E-state index in [4.69, 9.17) is 0 Å². The summed E-state index contributed by atoms with van der Waals surface area (Å²) in [5.41, 5.74) is 1.23. The van der Waals surface area contributed by atoms with Gasteiger partial charge < -0.3 is 5.32 Å². The fourth-order valence-electron chi connectivity index (χ4n) is 1.37. The first-order chi connectivity index (χ1) is 7.86. The topological polar surface area (TPSA) is 37.8 Å². The van der Waals surface area contributed by atoms with E-state index in [0.717, 1.165) is 16.8 Å². The standard InChI is InChI=1S/C12H12BrN3/c13-11-5-2-1-4-10(11)8-14-9-12-15-6-3-7-16-12/h1-7,14H,8-9H2. The molecule has 2 aromatic rings. The number of halogens is 1. The van der Waals surface area contributed by atoms with E-state index in [-0.39, 0.29) is 0 Å². The summed E-state index contributed by atoms with van der Waals surface area (Å²) in [4.78, 5) is 8.29. The minimum absolute atomic E-state index is 0.683. The summed E-state index contributed by atoms with van der Waals surface area (Å²) in [5, 5.41) is 3.30. The molecule has 0 fully saturated rings. The average Bonchev–Trinajstić information content (AvgIpc) is 2.33. The zero-order chi connectivity index (χ0) is 11.2. The summed E-state index contributed by atoms with van der Waals surface area (Å²) >= 11 is 3.51. The SMILES string of the molecule is Brc1ccccc1CNCc1ncccn1. The van der Waals surface area contributed by atoms with Crippen LogP contribution in [0.2, 0.25) is 0 Å². The van der Waals surface area contributed by atoms with Gasteiger partial charge in [0.2, 0.25) is 0 Å². The quantitative estimate of drug-likeness (QED) is 0.933. The molecule has 0 aliphatic heterocycles. The van der Waals surface area contributed by atoms with E-state index < -0.39 is 0 Å². The van der Waals surface area contributed by atoms with Gasteiger partial charge in [-0.3, -0.25) is 0 Å². The number of aromatic nitrogens is 2. The van der Waals surface area contributed by atoms with Gasteiger partial charge in [-0.05, 0) is 17.7 Å². The van der Waals surface area contributed by atoms with Crippen LogP contribution in [-0.4, -0.2) is 9.97 Å². The van der Waals surface area contributed by atoms with Crippen molar-refractivity contribution in [3.63, 3.8) is 0 Å². The lowest BCUT2D eigenvalue weighted by Gasteiger charge is -2.05.